The fourth-order valence-corrected chi connectivity index (χ4v) is 3.63. The molecule has 110 valence electrons. The third-order valence-corrected chi connectivity index (χ3v) is 9.23. The van der Waals surface area contributed by atoms with E-state index in [9.17, 15) is 4.79 Å². The zero-order valence-corrected chi connectivity index (χ0v) is 14.4. The van der Waals surface area contributed by atoms with Crippen LogP contribution in [0, 0.1) is 11.8 Å². The van der Waals surface area contributed by atoms with Gasteiger partial charge in [-0.2, -0.15) is 0 Å². The second-order valence-electron chi connectivity index (χ2n) is 7.46. The van der Waals surface area contributed by atoms with Crippen LogP contribution in [0.5, 0.6) is 0 Å². The quantitative estimate of drug-likeness (QED) is 0.405. The van der Waals surface area contributed by atoms with Gasteiger partial charge in [0, 0.05) is 5.92 Å². The molecule has 0 saturated heterocycles. The Morgan fingerprint density at radius 2 is 1.84 bits per heavy atom. The molecule has 0 aromatic rings. The molecule has 0 aromatic heterocycles. The lowest BCUT2D eigenvalue weighted by molar-refractivity contribution is -0.113. The Balaban J connectivity index is 2.71. The molecule has 3 heteroatoms. The average Bonchev–Trinajstić information content (AvgIpc) is 2.78. The summed E-state index contributed by atoms with van der Waals surface area (Å²) in [5, 5.41) is 0.196. The molecule has 0 saturated carbocycles. The van der Waals surface area contributed by atoms with Gasteiger partial charge in [-0.25, -0.2) is 0 Å². The summed E-state index contributed by atoms with van der Waals surface area (Å²) in [6.07, 6.45) is 8.94. The van der Waals surface area contributed by atoms with Crippen molar-refractivity contribution in [3.8, 4) is 0 Å². The van der Waals surface area contributed by atoms with Crippen LogP contribution >= 0.6 is 0 Å². The molecule has 0 unspecified atom stereocenters. The lowest BCUT2D eigenvalue weighted by atomic mass is 9.93. The minimum atomic E-state index is -1.80. The molecule has 0 N–H and O–H groups in total. The second-order valence-corrected chi connectivity index (χ2v) is 12.2. The predicted octanol–water partition coefficient (Wildman–Crippen LogP) is 4.57. The van der Waals surface area contributed by atoms with E-state index in [4.69, 9.17) is 4.43 Å². The largest absolute Gasteiger partial charge is 0.413 e. The summed E-state index contributed by atoms with van der Waals surface area (Å²) in [6.45, 7) is 13.3. The van der Waals surface area contributed by atoms with E-state index in [0.29, 0.717) is 5.92 Å². The lowest BCUT2D eigenvalue weighted by Gasteiger charge is -2.40. The Morgan fingerprint density at radius 1 is 1.32 bits per heavy atom. The summed E-state index contributed by atoms with van der Waals surface area (Å²) in [7, 11) is -1.80. The van der Waals surface area contributed by atoms with E-state index in [0.717, 1.165) is 25.5 Å². The zero-order valence-electron chi connectivity index (χ0n) is 13.4. The molecule has 1 aliphatic rings. The Kier molecular flexibility index (Phi) is 5.57. The maximum Gasteiger partial charge on any atom is 0.192 e. The molecule has 0 aromatic carbocycles. The van der Waals surface area contributed by atoms with Crippen LogP contribution in [0.3, 0.4) is 0 Å². The van der Waals surface area contributed by atoms with Gasteiger partial charge in [0.1, 0.15) is 6.29 Å². The van der Waals surface area contributed by atoms with Crippen LogP contribution in [0.4, 0.5) is 0 Å². The van der Waals surface area contributed by atoms with Crippen LogP contribution in [0.15, 0.2) is 12.2 Å². The molecule has 0 aliphatic heterocycles. The van der Waals surface area contributed by atoms with Gasteiger partial charge < -0.3 is 9.22 Å². The van der Waals surface area contributed by atoms with Crippen molar-refractivity contribution >= 4 is 14.6 Å². The van der Waals surface area contributed by atoms with Crippen molar-refractivity contribution in [2.75, 3.05) is 0 Å². The van der Waals surface area contributed by atoms with Crippen LogP contribution in [0.25, 0.3) is 0 Å². The molecule has 0 heterocycles. The maximum atomic E-state index is 11.2. The first kappa shape index (κ1) is 16.6. The van der Waals surface area contributed by atoms with E-state index < -0.39 is 8.32 Å². The molecule has 0 radical (unpaired) electrons. The summed E-state index contributed by atoms with van der Waals surface area (Å²) in [5.41, 5.74) is 0. The number of hydrogen-bond donors (Lipinski definition) is 0. The van der Waals surface area contributed by atoms with Crippen LogP contribution < -0.4 is 0 Å². The van der Waals surface area contributed by atoms with Crippen LogP contribution in [-0.2, 0) is 9.22 Å². The first-order chi connectivity index (χ1) is 8.67. The number of aldehydes is 1. The van der Waals surface area contributed by atoms with Crippen molar-refractivity contribution < 1.29 is 9.22 Å². The molecular weight excluding hydrogens is 252 g/mol. The molecule has 1 aliphatic carbocycles. The maximum absolute atomic E-state index is 11.2. The topological polar surface area (TPSA) is 26.3 Å². The molecule has 2 atom stereocenters. The lowest BCUT2D eigenvalue weighted by Crippen LogP contribution is -2.46. The van der Waals surface area contributed by atoms with Gasteiger partial charge in [0.25, 0.3) is 0 Å². The number of allylic oxidation sites excluding steroid dienone is 2. The van der Waals surface area contributed by atoms with Gasteiger partial charge in [-0.05, 0) is 43.3 Å². The van der Waals surface area contributed by atoms with Crippen molar-refractivity contribution in [2.45, 2.75) is 71.2 Å². The van der Waals surface area contributed by atoms with Gasteiger partial charge in [-0.1, -0.05) is 39.8 Å². The van der Waals surface area contributed by atoms with Crippen molar-refractivity contribution in [3.05, 3.63) is 12.2 Å². The number of carbonyl (C=O) groups is 1. The van der Waals surface area contributed by atoms with E-state index >= 15 is 0 Å². The highest BCUT2D eigenvalue weighted by Gasteiger charge is 2.40. The summed E-state index contributed by atoms with van der Waals surface area (Å²) in [4.78, 5) is 11.2. The molecule has 19 heavy (non-hydrogen) atoms. The van der Waals surface area contributed by atoms with Gasteiger partial charge >= 0.3 is 0 Å². The van der Waals surface area contributed by atoms with E-state index in [1.807, 2.05) is 6.92 Å². The van der Waals surface area contributed by atoms with Gasteiger partial charge in [-0.3, -0.25) is 0 Å². The van der Waals surface area contributed by atoms with E-state index in [1.165, 1.54) is 0 Å². The minimum Gasteiger partial charge on any atom is -0.413 e. The highest BCUT2D eigenvalue weighted by Crippen LogP contribution is 2.39. The number of rotatable bonds is 6. The molecule has 1 rings (SSSR count). The minimum absolute atomic E-state index is 0.00488. The van der Waals surface area contributed by atoms with Crippen LogP contribution in [0.1, 0.15) is 47.0 Å². The Bertz CT molecular complexity index is 320. The van der Waals surface area contributed by atoms with Crippen molar-refractivity contribution in [2.24, 2.45) is 11.8 Å². The van der Waals surface area contributed by atoms with E-state index in [1.54, 1.807) is 0 Å². The van der Waals surface area contributed by atoms with Gasteiger partial charge in [-0.15, -0.1) is 0 Å². The Labute approximate surface area is 119 Å². The highest BCUT2D eigenvalue weighted by molar-refractivity contribution is 6.74. The molecule has 2 nitrogen and oxygen atoms in total. The first-order valence-electron chi connectivity index (χ1n) is 7.45. The number of hydrogen-bond acceptors (Lipinski definition) is 2. The zero-order chi connectivity index (χ0) is 14.7. The number of carbonyl (C=O) groups excluding carboxylic acids is 1. The summed E-state index contributed by atoms with van der Waals surface area (Å²) < 4.78 is 6.50. The highest BCUT2D eigenvalue weighted by atomic mass is 28.4. The van der Waals surface area contributed by atoms with Crippen molar-refractivity contribution in [3.63, 3.8) is 0 Å². The average molecular weight is 282 g/mol. The van der Waals surface area contributed by atoms with E-state index in [2.05, 4.69) is 46.0 Å². The summed E-state index contributed by atoms with van der Waals surface area (Å²) >= 11 is 0. The third kappa shape index (κ3) is 4.57. The molecule has 0 fully saturated rings. The summed E-state index contributed by atoms with van der Waals surface area (Å²) in [6, 6.07) is 0. The fourth-order valence-electron chi connectivity index (χ4n) is 2.21. The smallest absolute Gasteiger partial charge is 0.192 e. The van der Waals surface area contributed by atoms with Crippen molar-refractivity contribution in [1.29, 1.82) is 0 Å². The van der Waals surface area contributed by atoms with Crippen LogP contribution in [-0.4, -0.2) is 20.7 Å². The normalized spacial score (nSPS) is 20.5. The SMILES string of the molecule is C[C@H](C=O)[C@@H](CC1CC=CC1)O[Si](C)(C)C(C)(C)C. The third-order valence-electron chi connectivity index (χ3n) is 4.72. The van der Waals surface area contributed by atoms with Crippen LogP contribution in [0.2, 0.25) is 18.1 Å². The first-order valence-corrected chi connectivity index (χ1v) is 10.4. The summed E-state index contributed by atoms with van der Waals surface area (Å²) in [5.74, 6) is 0.659. The fraction of sp³-hybridized carbons (Fsp3) is 0.812. The van der Waals surface area contributed by atoms with Gasteiger partial charge in [0.2, 0.25) is 0 Å². The monoisotopic (exact) mass is 282 g/mol. The standard InChI is InChI=1S/C16H30O2Si/c1-13(12-17)15(11-14-9-7-8-10-14)18-19(5,6)16(2,3)4/h7-8,12-15H,9-11H2,1-6H3/t13-,15-/m1/s1. The molecule has 0 amide bonds. The Morgan fingerprint density at radius 3 is 2.26 bits per heavy atom. The molecular formula is C16H30O2Si. The predicted molar refractivity (Wildman–Crippen MR) is 83.8 cm³/mol. The van der Waals surface area contributed by atoms with Gasteiger partial charge in [0.05, 0.1) is 6.10 Å². The Hall–Kier alpha value is -0.413. The second kappa shape index (κ2) is 6.36. The molecule has 0 bridgehead atoms. The van der Waals surface area contributed by atoms with Gasteiger partial charge in [0.15, 0.2) is 8.32 Å². The van der Waals surface area contributed by atoms with E-state index in [-0.39, 0.29) is 17.1 Å². The van der Waals surface area contributed by atoms with Crippen molar-refractivity contribution in [1.82, 2.24) is 0 Å². The molecule has 0 spiro atoms.